The van der Waals surface area contributed by atoms with Crippen molar-refractivity contribution < 1.29 is 22.3 Å². The van der Waals surface area contributed by atoms with Gasteiger partial charge in [0.25, 0.3) is 5.91 Å². The Balaban J connectivity index is 1.60. The van der Waals surface area contributed by atoms with E-state index in [1.807, 2.05) is 6.92 Å². The molecule has 0 aliphatic rings. The lowest BCUT2D eigenvalue weighted by Crippen LogP contribution is -2.27. The fourth-order valence-corrected chi connectivity index (χ4v) is 5.43. The molecule has 4 rings (SSSR count). The molecule has 0 spiro atoms. The highest BCUT2D eigenvalue weighted by molar-refractivity contribution is 7.91. The maximum absolute atomic E-state index is 13.7. The van der Waals surface area contributed by atoms with Gasteiger partial charge in [-0.3, -0.25) is 4.79 Å². The van der Waals surface area contributed by atoms with Gasteiger partial charge in [-0.25, -0.2) is 17.8 Å². The quantitative estimate of drug-likeness (QED) is 0.231. The molecule has 0 radical (unpaired) electrons. The number of fused-ring (bicyclic) bond motifs is 1. The molecule has 1 amide bonds. The summed E-state index contributed by atoms with van der Waals surface area (Å²) in [4.78, 5) is 17.7. The minimum atomic E-state index is -3.66. The fourth-order valence-electron chi connectivity index (χ4n) is 3.21. The van der Waals surface area contributed by atoms with Gasteiger partial charge in [0.15, 0.2) is 9.84 Å². The van der Waals surface area contributed by atoms with Gasteiger partial charge in [-0.1, -0.05) is 29.5 Å². The topological polar surface area (TPSA) is 88.9 Å². The van der Waals surface area contributed by atoms with Gasteiger partial charge in [-0.15, -0.1) is 0 Å². The van der Waals surface area contributed by atoms with Crippen LogP contribution in [0.25, 0.3) is 10.2 Å². The number of rotatable bonds is 9. The first-order valence-electron chi connectivity index (χ1n) is 10.8. The molecule has 0 N–H and O–H groups in total. The van der Waals surface area contributed by atoms with Crippen LogP contribution >= 0.6 is 11.3 Å². The van der Waals surface area contributed by atoms with E-state index in [9.17, 15) is 17.6 Å². The molecule has 180 valence electrons. The van der Waals surface area contributed by atoms with E-state index in [1.165, 1.54) is 36.5 Å². The Morgan fingerprint density at radius 3 is 2.57 bits per heavy atom. The summed E-state index contributed by atoms with van der Waals surface area (Å²) in [5.41, 5.74) is 1.22. The summed E-state index contributed by atoms with van der Waals surface area (Å²) in [6, 6.07) is 19.2. The molecule has 0 saturated carbocycles. The third-order valence-corrected chi connectivity index (χ3v) is 7.68. The van der Waals surface area contributed by atoms with E-state index in [0.717, 1.165) is 16.3 Å². The zero-order valence-electron chi connectivity index (χ0n) is 18.8. The maximum Gasteiger partial charge on any atom is 0.250 e. The van der Waals surface area contributed by atoms with Crippen molar-refractivity contribution in [1.82, 2.24) is 4.98 Å². The normalized spacial score (nSPS) is 11.7. The van der Waals surface area contributed by atoms with E-state index >= 15 is 0 Å². The number of hydrogen-bond donors (Lipinski definition) is 0. The number of carbonyl (C=O) groups excluding carboxylic acids is 1. The third kappa shape index (κ3) is 6.09. The summed E-state index contributed by atoms with van der Waals surface area (Å²) in [7, 11) is -3.66. The molecule has 0 saturated heterocycles. The molecule has 1 aromatic heterocycles. The van der Waals surface area contributed by atoms with Crippen LogP contribution in [0.4, 0.5) is 9.52 Å². The molecule has 0 atom stereocenters. The molecule has 0 unspecified atom stereocenters. The maximum atomic E-state index is 13.7. The zero-order chi connectivity index (χ0) is 24.8. The van der Waals surface area contributed by atoms with Gasteiger partial charge in [-0.2, -0.15) is 10.1 Å². The van der Waals surface area contributed by atoms with Gasteiger partial charge in [0.05, 0.1) is 33.7 Å². The monoisotopic (exact) mass is 511 g/mol. The van der Waals surface area contributed by atoms with Gasteiger partial charge in [0.2, 0.25) is 5.13 Å². The van der Waals surface area contributed by atoms with Crippen LogP contribution in [0, 0.1) is 5.82 Å². The Morgan fingerprint density at radius 2 is 1.86 bits per heavy atom. The molecule has 0 aliphatic carbocycles. The third-order valence-electron chi connectivity index (χ3n) is 4.96. The summed E-state index contributed by atoms with van der Waals surface area (Å²) in [5, 5.41) is 5.59. The Morgan fingerprint density at radius 1 is 1.11 bits per heavy atom. The standard InChI is InChI=1S/C25H22FN3O4S2/c1-2-33-20-11-8-18(9-12-20)17-27-29(25-28-22-13-10-19(26)16-23(22)34-25)24(30)14-15-35(31,32)21-6-4-3-5-7-21/h3-13,16-17H,2,14-15H2,1H3/b27-17+. The average Bonchev–Trinajstić information content (AvgIpc) is 3.27. The van der Waals surface area contributed by atoms with Crippen molar-refractivity contribution in [3.05, 3.63) is 84.2 Å². The van der Waals surface area contributed by atoms with E-state index < -0.39 is 21.6 Å². The van der Waals surface area contributed by atoms with E-state index in [4.69, 9.17) is 4.74 Å². The summed E-state index contributed by atoms with van der Waals surface area (Å²) in [5.74, 6) is -0.648. The first-order chi connectivity index (χ1) is 16.9. The Kier molecular flexibility index (Phi) is 7.52. The molecule has 10 heteroatoms. The van der Waals surface area contributed by atoms with E-state index in [1.54, 1.807) is 42.5 Å². The summed E-state index contributed by atoms with van der Waals surface area (Å²) in [6.07, 6.45) is 1.17. The minimum Gasteiger partial charge on any atom is -0.494 e. The van der Waals surface area contributed by atoms with Crippen molar-refractivity contribution in [2.24, 2.45) is 5.10 Å². The Labute approximate surface area is 206 Å². The van der Waals surface area contributed by atoms with Gasteiger partial charge < -0.3 is 4.74 Å². The van der Waals surface area contributed by atoms with Gasteiger partial charge in [0, 0.05) is 6.42 Å². The van der Waals surface area contributed by atoms with Crippen LogP contribution in [0.1, 0.15) is 18.9 Å². The summed E-state index contributed by atoms with van der Waals surface area (Å²) < 4.78 is 45.0. The van der Waals surface area contributed by atoms with Crippen molar-refractivity contribution in [2.45, 2.75) is 18.2 Å². The molecule has 0 bridgehead atoms. The number of nitrogens with zero attached hydrogens (tertiary/aromatic N) is 3. The first-order valence-corrected chi connectivity index (χ1v) is 13.3. The molecule has 0 aliphatic heterocycles. The molecule has 7 nitrogen and oxygen atoms in total. The molecule has 0 fully saturated rings. The van der Waals surface area contributed by atoms with Crippen LogP contribution in [0.5, 0.6) is 5.75 Å². The number of sulfone groups is 1. The fraction of sp³-hybridized carbons (Fsp3) is 0.160. The highest BCUT2D eigenvalue weighted by Gasteiger charge is 2.23. The number of benzene rings is 3. The van der Waals surface area contributed by atoms with Crippen molar-refractivity contribution in [3.63, 3.8) is 0 Å². The first kappa shape index (κ1) is 24.5. The van der Waals surface area contributed by atoms with Crippen molar-refractivity contribution in [2.75, 3.05) is 17.4 Å². The van der Waals surface area contributed by atoms with Crippen LogP contribution in [0.15, 0.2) is 82.8 Å². The van der Waals surface area contributed by atoms with E-state index in [0.29, 0.717) is 28.1 Å². The van der Waals surface area contributed by atoms with E-state index in [2.05, 4.69) is 10.1 Å². The van der Waals surface area contributed by atoms with Crippen LogP contribution < -0.4 is 9.75 Å². The number of anilines is 1. The molecule has 35 heavy (non-hydrogen) atoms. The number of thiazole rings is 1. The SMILES string of the molecule is CCOc1ccc(/C=N/N(C(=O)CCS(=O)(=O)c2ccccc2)c2nc3ccc(F)cc3s2)cc1. The van der Waals surface area contributed by atoms with Crippen LogP contribution in [-0.2, 0) is 14.6 Å². The van der Waals surface area contributed by atoms with Gasteiger partial charge >= 0.3 is 0 Å². The van der Waals surface area contributed by atoms with Gasteiger partial charge in [0.1, 0.15) is 11.6 Å². The second-order valence-corrected chi connectivity index (χ2v) is 10.6. The predicted octanol–water partition coefficient (Wildman–Crippen LogP) is 5.07. The smallest absolute Gasteiger partial charge is 0.250 e. The lowest BCUT2D eigenvalue weighted by Gasteiger charge is -2.14. The van der Waals surface area contributed by atoms with Crippen LogP contribution in [0.3, 0.4) is 0 Å². The van der Waals surface area contributed by atoms with Crippen molar-refractivity contribution >= 4 is 48.6 Å². The Bertz CT molecular complexity index is 1450. The van der Waals surface area contributed by atoms with E-state index in [-0.39, 0.29) is 22.2 Å². The summed E-state index contributed by atoms with van der Waals surface area (Å²) >= 11 is 1.09. The minimum absolute atomic E-state index is 0.146. The lowest BCUT2D eigenvalue weighted by molar-refractivity contribution is -0.118. The highest BCUT2D eigenvalue weighted by Crippen LogP contribution is 2.30. The molecular weight excluding hydrogens is 489 g/mol. The number of hydrogen-bond acceptors (Lipinski definition) is 7. The summed E-state index contributed by atoms with van der Waals surface area (Å²) in [6.45, 7) is 2.43. The molecular formula is C25H22FN3O4S2. The second kappa shape index (κ2) is 10.7. The van der Waals surface area contributed by atoms with Crippen LogP contribution in [-0.4, -0.2) is 37.9 Å². The Hall–Kier alpha value is -3.63. The number of carbonyl (C=O) groups is 1. The number of amides is 1. The van der Waals surface area contributed by atoms with Crippen molar-refractivity contribution in [3.8, 4) is 5.75 Å². The average molecular weight is 512 g/mol. The number of halogens is 1. The number of hydrazone groups is 1. The highest BCUT2D eigenvalue weighted by atomic mass is 32.2. The molecule has 3 aromatic carbocycles. The van der Waals surface area contributed by atoms with Crippen molar-refractivity contribution in [1.29, 1.82) is 0 Å². The molecule has 4 aromatic rings. The largest absolute Gasteiger partial charge is 0.494 e. The predicted molar refractivity (Wildman–Crippen MR) is 135 cm³/mol. The zero-order valence-corrected chi connectivity index (χ0v) is 20.4. The number of ether oxygens (including phenoxy) is 1. The number of aromatic nitrogens is 1. The van der Waals surface area contributed by atoms with Gasteiger partial charge in [-0.05, 0) is 67.1 Å². The second-order valence-electron chi connectivity index (χ2n) is 7.44. The molecule has 1 heterocycles. The van der Waals surface area contributed by atoms with Crippen LogP contribution in [0.2, 0.25) is 0 Å². The lowest BCUT2D eigenvalue weighted by atomic mass is 10.2.